The van der Waals surface area contributed by atoms with Gasteiger partial charge in [-0.15, -0.1) is 0 Å². The Morgan fingerprint density at radius 2 is 1.88 bits per heavy atom. The normalized spacial score (nSPS) is 10.8. The zero-order valence-electron chi connectivity index (χ0n) is 14.5. The van der Waals surface area contributed by atoms with Crippen molar-refractivity contribution in [3.05, 3.63) is 59.3 Å². The number of hydrogen-bond donors (Lipinski definition) is 1. The lowest BCUT2D eigenvalue weighted by atomic mass is 10.1. The number of amides is 1. The van der Waals surface area contributed by atoms with Gasteiger partial charge >= 0.3 is 0 Å². The lowest BCUT2D eigenvalue weighted by molar-refractivity contribution is 0.102. The fourth-order valence-electron chi connectivity index (χ4n) is 2.61. The van der Waals surface area contributed by atoms with E-state index in [-0.39, 0.29) is 5.69 Å². The van der Waals surface area contributed by atoms with Gasteiger partial charge in [0.05, 0.1) is 18.1 Å². The van der Waals surface area contributed by atoms with Gasteiger partial charge in [-0.05, 0) is 31.0 Å². The first-order valence-electron chi connectivity index (χ1n) is 8.01. The molecule has 3 aromatic heterocycles. The molecule has 0 fully saturated rings. The first-order valence-corrected chi connectivity index (χ1v) is 8.01. The van der Waals surface area contributed by atoms with Crippen LogP contribution in [0.5, 0.6) is 0 Å². The van der Waals surface area contributed by atoms with Gasteiger partial charge in [0.1, 0.15) is 5.69 Å². The van der Waals surface area contributed by atoms with Crippen LogP contribution in [0.1, 0.15) is 28.7 Å². The van der Waals surface area contributed by atoms with E-state index in [4.69, 9.17) is 0 Å². The number of rotatable bonds is 4. The van der Waals surface area contributed by atoms with Crippen LogP contribution in [-0.4, -0.2) is 25.7 Å². The Bertz CT molecular complexity index is 963. The number of pyridine rings is 2. The van der Waals surface area contributed by atoms with Crippen LogP contribution in [0, 0.1) is 18.6 Å². The molecular formula is C18H17F2N5O. The van der Waals surface area contributed by atoms with Crippen LogP contribution in [0.2, 0.25) is 0 Å². The molecule has 3 rings (SSSR count). The summed E-state index contributed by atoms with van der Waals surface area (Å²) in [6.45, 7) is 3.97. The molecule has 8 heteroatoms. The zero-order valence-corrected chi connectivity index (χ0v) is 14.5. The Hall–Kier alpha value is -3.16. The highest BCUT2D eigenvalue weighted by molar-refractivity contribution is 6.03. The van der Waals surface area contributed by atoms with Crippen molar-refractivity contribution in [1.29, 1.82) is 0 Å². The summed E-state index contributed by atoms with van der Waals surface area (Å²) in [7, 11) is 1.69. The molecule has 26 heavy (non-hydrogen) atoms. The SMILES string of the molecule is CCc1cc(C)c(-c2cc(C(=O)Nc3c(F)cncc3F)nn2C)cn1. The van der Waals surface area contributed by atoms with E-state index in [0.717, 1.165) is 35.6 Å². The molecule has 0 bridgehead atoms. The van der Waals surface area contributed by atoms with Gasteiger partial charge in [-0.2, -0.15) is 5.10 Å². The molecule has 6 nitrogen and oxygen atoms in total. The molecule has 1 amide bonds. The molecule has 0 radical (unpaired) electrons. The summed E-state index contributed by atoms with van der Waals surface area (Å²) >= 11 is 0. The number of carbonyl (C=O) groups excluding carboxylic acids is 1. The van der Waals surface area contributed by atoms with Crippen molar-refractivity contribution < 1.29 is 13.6 Å². The highest BCUT2D eigenvalue weighted by atomic mass is 19.1. The third-order valence-electron chi connectivity index (χ3n) is 4.01. The van der Waals surface area contributed by atoms with Gasteiger partial charge in [0.2, 0.25) is 0 Å². The minimum Gasteiger partial charge on any atom is -0.316 e. The fourth-order valence-corrected chi connectivity index (χ4v) is 2.61. The van der Waals surface area contributed by atoms with E-state index in [1.54, 1.807) is 19.3 Å². The van der Waals surface area contributed by atoms with Gasteiger partial charge in [-0.25, -0.2) is 8.78 Å². The molecule has 3 heterocycles. The summed E-state index contributed by atoms with van der Waals surface area (Å²) < 4.78 is 28.8. The summed E-state index contributed by atoms with van der Waals surface area (Å²) in [4.78, 5) is 20.1. The highest BCUT2D eigenvalue weighted by Crippen LogP contribution is 2.24. The second kappa shape index (κ2) is 6.99. The predicted octanol–water partition coefficient (Wildman–Crippen LogP) is 3.28. The molecule has 1 N–H and O–H groups in total. The third-order valence-corrected chi connectivity index (χ3v) is 4.01. The molecule has 3 aromatic rings. The van der Waals surface area contributed by atoms with Gasteiger partial charge in [0.15, 0.2) is 17.3 Å². The maximum Gasteiger partial charge on any atom is 0.276 e. The second-order valence-corrected chi connectivity index (χ2v) is 5.81. The first kappa shape index (κ1) is 17.7. The fraction of sp³-hybridized carbons (Fsp3) is 0.222. The molecule has 0 aromatic carbocycles. The van der Waals surface area contributed by atoms with E-state index in [9.17, 15) is 13.6 Å². The summed E-state index contributed by atoms with van der Waals surface area (Å²) in [5.74, 6) is -2.62. The zero-order chi connectivity index (χ0) is 18.8. The molecule has 0 saturated heterocycles. The van der Waals surface area contributed by atoms with Crippen molar-refractivity contribution in [3.63, 3.8) is 0 Å². The van der Waals surface area contributed by atoms with E-state index in [0.29, 0.717) is 5.69 Å². The van der Waals surface area contributed by atoms with Crippen molar-refractivity contribution in [1.82, 2.24) is 19.7 Å². The van der Waals surface area contributed by atoms with Crippen LogP contribution in [0.15, 0.2) is 30.7 Å². The summed E-state index contributed by atoms with van der Waals surface area (Å²) in [5.41, 5.74) is 2.96. The maximum absolute atomic E-state index is 13.6. The minimum absolute atomic E-state index is 0.0390. The molecule has 0 spiro atoms. The summed E-state index contributed by atoms with van der Waals surface area (Å²) in [6, 6.07) is 3.53. The van der Waals surface area contributed by atoms with E-state index in [1.165, 1.54) is 4.68 Å². The highest BCUT2D eigenvalue weighted by Gasteiger charge is 2.19. The average Bonchev–Trinajstić information content (AvgIpc) is 2.99. The predicted molar refractivity (Wildman–Crippen MR) is 92.7 cm³/mol. The number of halogens is 2. The van der Waals surface area contributed by atoms with Crippen LogP contribution in [-0.2, 0) is 13.5 Å². The summed E-state index contributed by atoms with van der Waals surface area (Å²) in [6.07, 6.45) is 4.21. The average molecular weight is 357 g/mol. The Balaban J connectivity index is 1.92. The quantitative estimate of drug-likeness (QED) is 0.778. The van der Waals surface area contributed by atoms with Crippen molar-refractivity contribution in [3.8, 4) is 11.3 Å². The number of nitrogens with one attached hydrogen (secondary N) is 1. The molecule has 0 atom stereocenters. The van der Waals surface area contributed by atoms with Crippen molar-refractivity contribution in [2.45, 2.75) is 20.3 Å². The number of carbonyl (C=O) groups is 1. The van der Waals surface area contributed by atoms with Gasteiger partial charge in [-0.1, -0.05) is 6.92 Å². The van der Waals surface area contributed by atoms with Crippen molar-refractivity contribution in [2.75, 3.05) is 5.32 Å². The molecule has 0 aliphatic heterocycles. The molecule has 0 saturated carbocycles. The van der Waals surface area contributed by atoms with E-state index >= 15 is 0 Å². The van der Waals surface area contributed by atoms with Gasteiger partial charge in [0.25, 0.3) is 5.91 Å². The van der Waals surface area contributed by atoms with E-state index in [1.807, 2.05) is 19.9 Å². The molecule has 0 unspecified atom stereocenters. The largest absolute Gasteiger partial charge is 0.316 e. The summed E-state index contributed by atoms with van der Waals surface area (Å²) in [5, 5.41) is 6.34. The van der Waals surface area contributed by atoms with Crippen molar-refractivity contribution >= 4 is 11.6 Å². The Morgan fingerprint density at radius 3 is 2.50 bits per heavy atom. The first-order chi connectivity index (χ1) is 12.4. The van der Waals surface area contributed by atoms with Crippen LogP contribution in [0.3, 0.4) is 0 Å². The molecule has 0 aliphatic carbocycles. The van der Waals surface area contributed by atoms with Crippen LogP contribution >= 0.6 is 0 Å². The Labute approximate surface area is 148 Å². The van der Waals surface area contributed by atoms with Gasteiger partial charge in [-0.3, -0.25) is 19.4 Å². The van der Waals surface area contributed by atoms with Crippen LogP contribution in [0.4, 0.5) is 14.5 Å². The second-order valence-electron chi connectivity index (χ2n) is 5.81. The standard InChI is InChI=1S/C18H17F2N5O/c1-4-11-5-10(2)12(7-22-11)16-6-15(24-25(16)3)18(26)23-17-13(19)8-21-9-14(17)20/h5-9H,4H2,1-3H3,(H,21,23,26). The van der Waals surface area contributed by atoms with Gasteiger partial charge < -0.3 is 5.32 Å². The third kappa shape index (κ3) is 3.30. The Kier molecular flexibility index (Phi) is 4.75. The maximum atomic E-state index is 13.6. The van der Waals surface area contributed by atoms with E-state index in [2.05, 4.69) is 20.4 Å². The van der Waals surface area contributed by atoms with Crippen molar-refractivity contribution in [2.24, 2.45) is 7.05 Å². The smallest absolute Gasteiger partial charge is 0.276 e. The number of hydrogen-bond acceptors (Lipinski definition) is 4. The monoisotopic (exact) mass is 357 g/mol. The topological polar surface area (TPSA) is 72.7 Å². The number of aryl methyl sites for hydroxylation is 3. The lowest BCUT2D eigenvalue weighted by Crippen LogP contribution is -2.15. The lowest BCUT2D eigenvalue weighted by Gasteiger charge is -2.07. The molecule has 0 aliphatic rings. The number of nitrogens with zero attached hydrogens (tertiary/aromatic N) is 4. The Morgan fingerprint density at radius 1 is 1.19 bits per heavy atom. The van der Waals surface area contributed by atoms with E-state index < -0.39 is 23.2 Å². The van der Waals surface area contributed by atoms with Gasteiger partial charge in [0, 0.05) is 24.5 Å². The molecule has 134 valence electrons. The number of anilines is 1. The van der Waals surface area contributed by atoms with Crippen LogP contribution in [0.25, 0.3) is 11.3 Å². The number of aromatic nitrogens is 4. The molecular weight excluding hydrogens is 340 g/mol. The minimum atomic E-state index is -0.954. The van der Waals surface area contributed by atoms with Crippen LogP contribution < -0.4 is 5.32 Å².